The van der Waals surface area contributed by atoms with Gasteiger partial charge in [0, 0.05) is 38.4 Å². The standard InChI is InChI=1S/C44H58N8O10/c1-26(2)36(50-44(56)60-7)42(54)52-19-9-11-35(52)39-45-24-32(48-39)29-14-12-28(13-15-29)30-16-17-31(38(62-23-21-58-5)37(30)61-22-20-57-4)33-25-46-40(49-33)34-10-8-18-51(34)41(53)27(3)47-43(55)59-6/h12-17,24-27,34-36H,8-11,18-23H2,1-7H3,(H,45,48)(H,46,49)(H,47,55)(H,50,56)/t27-,34-,35-,36+/m0/s1. The van der Waals surface area contributed by atoms with Crippen molar-refractivity contribution in [1.82, 2.24) is 40.4 Å². The van der Waals surface area contributed by atoms with Crippen LogP contribution in [0.2, 0.25) is 0 Å². The number of nitrogens with zero attached hydrogens (tertiary/aromatic N) is 4. The summed E-state index contributed by atoms with van der Waals surface area (Å²) >= 11 is 0. The molecule has 4 heterocycles. The number of hydrogen-bond acceptors (Lipinski definition) is 12. The van der Waals surface area contributed by atoms with Gasteiger partial charge in [-0.3, -0.25) is 9.59 Å². The number of imidazole rings is 2. The number of nitrogens with one attached hydrogen (secondary N) is 4. The second-order valence-electron chi connectivity index (χ2n) is 15.5. The molecule has 4 amide bonds. The topological polar surface area (TPSA) is 212 Å². The van der Waals surface area contributed by atoms with Crippen LogP contribution in [0.25, 0.3) is 33.6 Å². The molecule has 18 nitrogen and oxygen atoms in total. The molecule has 4 aromatic rings. The highest BCUT2D eigenvalue weighted by molar-refractivity contribution is 5.87. The van der Waals surface area contributed by atoms with Crippen LogP contribution >= 0.6 is 0 Å². The molecule has 334 valence electrons. The number of ether oxygens (including phenoxy) is 6. The largest absolute Gasteiger partial charge is 0.487 e. The highest BCUT2D eigenvalue weighted by Crippen LogP contribution is 2.46. The van der Waals surface area contributed by atoms with Gasteiger partial charge in [-0.2, -0.15) is 0 Å². The monoisotopic (exact) mass is 858 g/mol. The third-order valence-electron chi connectivity index (χ3n) is 11.2. The second kappa shape index (κ2) is 21.1. The lowest BCUT2D eigenvalue weighted by Crippen LogP contribution is -2.51. The number of benzene rings is 2. The summed E-state index contributed by atoms with van der Waals surface area (Å²) in [6.45, 7) is 7.67. The minimum absolute atomic E-state index is 0.137. The van der Waals surface area contributed by atoms with Crippen LogP contribution in [-0.2, 0) is 28.5 Å². The van der Waals surface area contributed by atoms with Crippen LogP contribution in [0.3, 0.4) is 0 Å². The fraction of sp³-hybridized carbons (Fsp3) is 0.500. The Labute approximate surface area is 361 Å². The minimum atomic E-state index is -0.773. The minimum Gasteiger partial charge on any atom is -0.487 e. The predicted octanol–water partition coefficient (Wildman–Crippen LogP) is 5.64. The lowest BCUT2D eigenvalue weighted by molar-refractivity contribution is -0.135. The van der Waals surface area contributed by atoms with Crippen molar-refractivity contribution in [3.05, 3.63) is 60.4 Å². The molecular weight excluding hydrogens is 801 g/mol. The van der Waals surface area contributed by atoms with E-state index in [9.17, 15) is 19.2 Å². The average Bonchev–Trinajstić information content (AvgIpc) is 4.13. The van der Waals surface area contributed by atoms with Gasteiger partial charge in [-0.15, -0.1) is 0 Å². The van der Waals surface area contributed by atoms with Crippen LogP contribution in [0.1, 0.15) is 70.2 Å². The zero-order chi connectivity index (χ0) is 44.3. The molecule has 0 aliphatic carbocycles. The van der Waals surface area contributed by atoms with Crippen molar-refractivity contribution >= 4 is 24.0 Å². The van der Waals surface area contributed by atoms with E-state index in [0.717, 1.165) is 41.6 Å². The van der Waals surface area contributed by atoms with Crippen LogP contribution in [0.4, 0.5) is 9.59 Å². The lowest BCUT2D eigenvalue weighted by atomic mass is 9.98. The molecule has 2 aromatic heterocycles. The van der Waals surface area contributed by atoms with E-state index in [2.05, 4.69) is 20.6 Å². The molecule has 2 aromatic carbocycles. The Balaban J connectivity index is 1.27. The molecule has 0 radical (unpaired) electrons. The van der Waals surface area contributed by atoms with E-state index in [-0.39, 0.29) is 43.0 Å². The van der Waals surface area contributed by atoms with Crippen LogP contribution < -0.4 is 20.1 Å². The highest BCUT2D eigenvalue weighted by Gasteiger charge is 2.38. The normalized spacial score (nSPS) is 17.2. The summed E-state index contributed by atoms with van der Waals surface area (Å²) in [5.74, 6) is 1.76. The lowest BCUT2D eigenvalue weighted by Gasteiger charge is -2.30. The number of rotatable bonds is 18. The Hall–Kier alpha value is -6.14. The zero-order valence-electron chi connectivity index (χ0n) is 36.4. The number of likely N-dealkylation sites (tertiary alicyclic amines) is 2. The van der Waals surface area contributed by atoms with Gasteiger partial charge < -0.3 is 58.8 Å². The first-order valence-electron chi connectivity index (χ1n) is 20.9. The Morgan fingerprint density at radius 1 is 0.661 bits per heavy atom. The molecule has 18 heteroatoms. The molecule has 0 unspecified atom stereocenters. The maximum absolute atomic E-state index is 13.7. The van der Waals surface area contributed by atoms with Gasteiger partial charge in [0.2, 0.25) is 11.8 Å². The SMILES string of the molecule is COCCOc1c(-c2ccc(-c3cnc([C@@H]4CCCN4C(=O)[C@H](NC(=O)OC)C(C)C)[nH]3)cc2)ccc(-c2cnc([C@@H]3CCCN3C(=O)[C@H](C)NC(=O)OC)[nH]2)c1OCCOC. The third kappa shape index (κ3) is 10.3. The van der Waals surface area contributed by atoms with E-state index in [1.54, 1.807) is 43.3 Å². The molecule has 0 bridgehead atoms. The fourth-order valence-corrected chi connectivity index (χ4v) is 7.92. The van der Waals surface area contributed by atoms with Crippen molar-refractivity contribution in [2.45, 2.75) is 70.6 Å². The smallest absolute Gasteiger partial charge is 0.407 e. The van der Waals surface area contributed by atoms with E-state index >= 15 is 0 Å². The highest BCUT2D eigenvalue weighted by atomic mass is 16.6. The number of H-pyrrole nitrogens is 2. The molecule has 6 rings (SSSR count). The van der Waals surface area contributed by atoms with Gasteiger partial charge in [-0.1, -0.05) is 38.1 Å². The Morgan fingerprint density at radius 3 is 1.73 bits per heavy atom. The first kappa shape index (κ1) is 45.4. The first-order valence-corrected chi connectivity index (χ1v) is 20.9. The summed E-state index contributed by atoms with van der Waals surface area (Å²) in [5, 5.41) is 5.26. The van der Waals surface area contributed by atoms with Crippen molar-refractivity contribution in [2.24, 2.45) is 5.92 Å². The molecule has 2 aliphatic rings. The van der Waals surface area contributed by atoms with E-state index in [1.807, 2.05) is 50.2 Å². The van der Waals surface area contributed by atoms with E-state index < -0.39 is 24.3 Å². The third-order valence-corrected chi connectivity index (χ3v) is 11.2. The number of methoxy groups -OCH3 is 4. The van der Waals surface area contributed by atoms with Gasteiger partial charge in [0.1, 0.15) is 36.9 Å². The summed E-state index contributed by atoms with van der Waals surface area (Å²) < 4.78 is 33.0. The number of aromatic nitrogens is 4. The fourth-order valence-electron chi connectivity index (χ4n) is 7.92. The first-order chi connectivity index (χ1) is 30.0. The van der Waals surface area contributed by atoms with Crippen LogP contribution in [-0.4, -0.2) is 134 Å². The molecule has 0 saturated carbocycles. The number of alkyl carbamates (subject to hydrolysis) is 2. The molecule has 2 saturated heterocycles. The van der Waals surface area contributed by atoms with Crippen molar-refractivity contribution in [2.75, 3.05) is 68.0 Å². The molecule has 4 atom stereocenters. The summed E-state index contributed by atoms with van der Waals surface area (Å²) in [6, 6.07) is 9.84. The van der Waals surface area contributed by atoms with Gasteiger partial charge in [-0.05, 0) is 61.8 Å². The number of hydrogen-bond donors (Lipinski definition) is 4. The summed E-state index contributed by atoms with van der Waals surface area (Å²) in [4.78, 5) is 70.8. The van der Waals surface area contributed by atoms with Crippen LogP contribution in [0.5, 0.6) is 11.5 Å². The predicted molar refractivity (Wildman–Crippen MR) is 228 cm³/mol. The molecule has 2 aliphatic heterocycles. The Kier molecular flexibility index (Phi) is 15.4. The van der Waals surface area contributed by atoms with Gasteiger partial charge >= 0.3 is 12.2 Å². The molecule has 62 heavy (non-hydrogen) atoms. The van der Waals surface area contributed by atoms with Crippen LogP contribution in [0, 0.1) is 5.92 Å². The molecule has 4 N–H and O–H groups in total. The van der Waals surface area contributed by atoms with Gasteiger partial charge in [0.05, 0.1) is 63.3 Å². The zero-order valence-corrected chi connectivity index (χ0v) is 36.4. The van der Waals surface area contributed by atoms with E-state index in [4.69, 9.17) is 38.4 Å². The van der Waals surface area contributed by atoms with E-state index in [0.29, 0.717) is 67.1 Å². The van der Waals surface area contributed by atoms with Crippen molar-refractivity contribution < 1.29 is 47.6 Å². The van der Waals surface area contributed by atoms with Gasteiger partial charge in [0.15, 0.2) is 11.5 Å². The van der Waals surface area contributed by atoms with Gasteiger partial charge in [0.25, 0.3) is 0 Å². The maximum atomic E-state index is 13.7. The van der Waals surface area contributed by atoms with E-state index in [1.165, 1.54) is 14.2 Å². The number of aromatic amines is 2. The van der Waals surface area contributed by atoms with Crippen LogP contribution in [0.15, 0.2) is 48.8 Å². The quantitative estimate of drug-likeness (QED) is 0.0897. The molecule has 2 fully saturated rings. The Morgan fingerprint density at radius 2 is 1.16 bits per heavy atom. The number of amides is 4. The Bertz CT molecular complexity index is 2150. The van der Waals surface area contributed by atoms with Crippen molar-refractivity contribution in [1.29, 1.82) is 0 Å². The molecule has 0 spiro atoms. The number of carbonyl (C=O) groups excluding carboxylic acids is 4. The average molecular weight is 859 g/mol. The maximum Gasteiger partial charge on any atom is 0.407 e. The summed E-state index contributed by atoms with van der Waals surface area (Å²) in [7, 11) is 5.75. The van der Waals surface area contributed by atoms with Crippen molar-refractivity contribution in [3.63, 3.8) is 0 Å². The summed E-state index contributed by atoms with van der Waals surface area (Å²) in [6.07, 6.45) is 5.22. The molecular formula is C44H58N8O10. The van der Waals surface area contributed by atoms with Crippen molar-refractivity contribution in [3.8, 4) is 45.1 Å². The van der Waals surface area contributed by atoms with Gasteiger partial charge in [-0.25, -0.2) is 19.6 Å². The number of carbonyl (C=O) groups is 4. The summed E-state index contributed by atoms with van der Waals surface area (Å²) in [5.41, 5.74) is 4.72. The second-order valence-corrected chi connectivity index (χ2v) is 15.5.